The molecule has 116 valence electrons. The largest absolute Gasteiger partial charge is 0.416 e. The van der Waals surface area contributed by atoms with Gasteiger partial charge in [-0.25, -0.2) is 0 Å². The molecular weight excluding hydrogens is 305 g/mol. The molecule has 1 atom stereocenters. The molecule has 0 aliphatic rings. The van der Waals surface area contributed by atoms with E-state index in [0.717, 1.165) is 12.1 Å². The predicted molar refractivity (Wildman–Crippen MR) is 74.8 cm³/mol. The number of hydrogen-bond donors (Lipinski definition) is 1. The lowest BCUT2D eigenvalue weighted by molar-refractivity contribution is -0.137. The van der Waals surface area contributed by atoms with Crippen LogP contribution in [0.3, 0.4) is 0 Å². The van der Waals surface area contributed by atoms with Crippen LogP contribution >= 0.6 is 12.2 Å². The highest BCUT2D eigenvalue weighted by Gasteiger charge is 2.30. The van der Waals surface area contributed by atoms with Crippen molar-refractivity contribution >= 4 is 23.3 Å². The molecule has 0 saturated carbocycles. The van der Waals surface area contributed by atoms with Crippen molar-refractivity contribution in [3.8, 4) is 0 Å². The van der Waals surface area contributed by atoms with Gasteiger partial charge in [0.2, 0.25) is 0 Å². The third kappa shape index (κ3) is 3.45. The highest BCUT2D eigenvalue weighted by molar-refractivity contribution is 7.71. The molecule has 1 heterocycles. The third-order valence-electron chi connectivity index (χ3n) is 3.17. The van der Waals surface area contributed by atoms with E-state index >= 15 is 0 Å². The summed E-state index contributed by atoms with van der Waals surface area (Å²) in [6.07, 6.45) is -4.61. The van der Waals surface area contributed by atoms with Crippen molar-refractivity contribution in [3.05, 3.63) is 28.5 Å². The maximum Gasteiger partial charge on any atom is 0.416 e. The topological polar surface area (TPSA) is 39.2 Å². The number of hydrogen-bond acceptors (Lipinski definition) is 3. The van der Waals surface area contributed by atoms with E-state index in [1.807, 2.05) is 0 Å². The number of aromatic amines is 1. The molecule has 0 amide bonds. The molecule has 1 aromatic carbocycles. The summed E-state index contributed by atoms with van der Waals surface area (Å²) in [5, 5.41) is 0. The number of nitrogens with zero attached hydrogens (tertiary/aromatic N) is 1. The first kappa shape index (κ1) is 16.0. The zero-order valence-corrected chi connectivity index (χ0v) is 12.3. The first-order valence-corrected chi connectivity index (χ1v) is 6.59. The SMILES string of the molecule is COCC(Cn1c(=S)[nH]c2cc(C(F)(F)F)ccc21)OC. The Morgan fingerprint density at radius 2 is 2.05 bits per heavy atom. The number of aromatic nitrogens is 2. The van der Waals surface area contributed by atoms with E-state index < -0.39 is 11.7 Å². The van der Waals surface area contributed by atoms with Crippen LogP contribution in [0.5, 0.6) is 0 Å². The van der Waals surface area contributed by atoms with Crippen molar-refractivity contribution < 1.29 is 22.6 Å². The number of H-pyrrole nitrogens is 1. The highest BCUT2D eigenvalue weighted by atomic mass is 32.1. The summed E-state index contributed by atoms with van der Waals surface area (Å²) in [7, 11) is 3.10. The summed E-state index contributed by atoms with van der Waals surface area (Å²) < 4.78 is 50.5. The Hall–Kier alpha value is -1.38. The highest BCUT2D eigenvalue weighted by Crippen LogP contribution is 2.31. The molecule has 0 saturated heterocycles. The van der Waals surface area contributed by atoms with Crippen molar-refractivity contribution in [3.63, 3.8) is 0 Å². The summed E-state index contributed by atoms with van der Waals surface area (Å²) in [4.78, 5) is 2.79. The van der Waals surface area contributed by atoms with Gasteiger partial charge in [-0.1, -0.05) is 0 Å². The van der Waals surface area contributed by atoms with Crippen LogP contribution in [0, 0.1) is 4.77 Å². The average molecular weight is 320 g/mol. The molecule has 0 radical (unpaired) electrons. The molecule has 0 aliphatic carbocycles. The molecule has 21 heavy (non-hydrogen) atoms. The van der Waals surface area contributed by atoms with Crippen molar-refractivity contribution in [2.45, 2.75) is 18.8 Å². The van der Waals surface area contributed by atoms with Crippen LogP contribution in [-0.4, -0.2) is 36.5 Å². The van der Waals surface area contributed by atoms with Gasteiger partial charge in [0.1, 0.15) is 0 Å². The first-order valence-electron chi connectivity index (χ1n) is 6.18. The van der Waals surface area contributed by atoms with Gasteiger partial charge in [-0.15, -0.1) is 0 Å². The van der Waals surface area contributed by atoms with Crippen molar-refractivity contribution in [1.29, 1.82) is 0 Å². The number of alkyl halides is 3. The van der Waals surface area contributed by atoms with E-state index in [9.17, 15) is 13.2 Å². The normalized spacial score (nSPS) is 13.8. The lowest BCUT2D eigenvalue weighted by Gasteiger charge is -2.15. The molecule has 1 N–H and O–H groups in total. The van der Waals surface area contributed by atoms with Gasteiger partial charge >= 0.3 is 6.18 Å². The average Bonchev–Trinajstić information content (AvgIpc) is 2.72. The number of imidazole rings is 1. The van der Waals surface area contributed by atoms with E-state index in [1.165, 1.54) is 6.07 Å². The third-order valence-corrected chi connectivity index (χ3v) is 3.50. The van der Waals surface area contributed by atoms with Gasteiger partial charge in [0.05, 0.1) is 35.9 Å². The fourth-order valence-electron chi connectivity index (χ4n) is 2.11. The van der Waals surface area contributed by atoms with Crippen LogP contribution in [0.4, 0.5) is 13.2 Å². The number of nitrogens with one attached hydrogen (secondary N) is 1. The summed E-state index contributed by atoms with van der Waals surface area (Å²) >= 11 is 5.17. The van der Waals surface area contributed by atoms with E-state index in [4.69, 9.17) is 21.7 Å². The predicted octanol–water partition coefficient (Wildman–Crippen LogP) is 3.38. The van der Waals surface area contributed by atoms with E-state index in [1.54, 1.807) is 18.8 Å². The number of methoxy groups -OCH3 is 2. The maximum absolute atomic E-state index is 12.7. The molecular formula is C13H15F3N2O2S. The zero-order valence-electron chi connectivity index (χ0n) is 11.5. The molecule has 0 bridgehead atoms. The van der Waals surface area contributed by atoms with Gasteiger partial charge in [0, 0.05) is 14.2 Å². The fraction of sp³-hybridized carbons (Fsp3) is 0.462. The second-order valence-corrected chi connectivity index (χ2v) is 4.97. The molecule has 0 aliphatic heterocycles. The number of ether oxygens (including phenoxy) is 2. The van der Waals surface area contributed by atoms with E-state index in [-0.39, 0.29) is 6.10 Å². The summed E-state index contributed by atoms with van der Waals surface area (Å²) in [5.41, 5.74) is 0.242. The van der Waals surface area contributed by atoms with Gasteiger partial charge < -0.3 is 19.0 Å². The summed E-state index contributed by atoms with van der Waals surface area (Å²) in [6.45, 7) is 0.764. The Morgan fingerprint density at radius 1 is 1.33 bits per heavy atom. The molecule has 0 fully saturated rings. The lowest BCUT2D eigenvalue weighted by atomic mass is 10.2. The summed E-state index contributed by atoms with van der Waals surface area (Å²) in [6, 6.07) is 3.50. The first-order chi connectivity index (χ1) is 9.86. The Kier molecular flexibility index (Phi) is 4.70. The molecule has 8 heteroatoms. The van der Waals surface area contributed by atoms with Gasteiger partial charge in [0.15, 0.2) is 4.77 Å². The smallest absolute Gasteiger partial charge is 0.382 e. The minimum absolute atomic E-state index is 0.233. The van der Waals surface area contributed by atoms with Gasteiger partial charge in [0.25, 0.3) is 0 Å². The number of benzene rings is 1. The molecule has 2 rings (SSSR count). The number of halogens is 3. The maximum atomic E-state index is 12.7. The van der Waals surface area contributed by atoms with Crippen LogP contribution in [0.2, 0.25) is 0 Å². The second kappa shape index (κ2) is 6.17. The van der Waals surface area contributed by atoms with Crippen LogP contribution in [-0.2, 0) is 22.2 Å². The van der Waals surface area contributed by atoms with Gasteiger partial charge in [-0.3, -0.25) is 0 Å². The summed E-state index contributed by atoms with van der Waals surface area (Å²) in [5.74, 6) is 0. The number of fused-ring (bicyclic) bond motifs is 1. The van der Waals surface area contributed by atoms with Crippen molar-refractivity contribution in [2.24, 2.45) is 0 Å². The zero-order chi connectivity index (χ0) is 15.6. The molecule has 2 aromatic rings. The van der Waals surface area contributed by atoms with E-state index in [2.05, 4.69) is 4.98 Å². The standard InChI is InChI=1S/C13H15F3N2O2S/c1-19-7-9(20-2)6-18-11-4-3-8(13(14,15)16)5-10(11)17-12(18)21/h3-5,9H,6-7H2,1-2H3,(H,17,21). The quantitative estimate of drug-likeness (QED) is 0.859. The molecule has 0 spiro atoms. The Morgan fingerprint density at radius 3 is 2.62 bits per heavy atom. The van der Waals surface area contributed by atoms with Gasteiger partial charge in [-0.05, 0) is 30.4 Å². The van der Waals surface area contributed by atoms with E-state index in [0.29, 0.717) is 29.0 Å². The lowest BCUT2D eigenvalue weighted by Crippen LogP contribution is -2.23. The molecule has 1 unspecified atom stereocenters. The van der Waals surface area contributed by atoms with Crippen LogP contribution < -0.4 is 0 Å². The minimum Gasteiger partial charge on any atom is -0.382 e. The molecule has 1 aromatic heterocycles. The van der Waals surface area contributed by atoms with Crippen LogP contribution in [0.1, 0.15) is 5.56 Å². The Bertz CT molecular complexity index is 678. The second-order valence-electron chi connectivity index (χ2n) is 4.58. The van der Waals surface area contributed by atoms with Crippen molar-refractivity contribution in [2.75, 3.05) is 20.8 Å². The fourth-order valence-corrected chi connectivity index (χ4v) is 2.39. The van der Waals surface area contributed by atoms with Crippen LogP contribution in [0.15, 0.2) is 18.2 Å². The Labute approximate surface area is 124 Å². The Balaban J connectivity index is 2.42. The monoisotopic (exact) mass is 320 g/mol. The van der Waals surface area contributed by atoms with Crippen molar-refractivity contribution in [1.82, 2.24) is 9.55 Å². The number of rotatable bonds is 5. The van der Waals surface area contributed by atoms with Crippen LogP contribution in [0.25, 0.3) is 11.0 Å². The molecule has 4 nitrogen and oxygen atoms in total. The van der Waals surface area contributed by atoms with Gasteiger partial charge in [-0.2, -0.15) is 13.2 Å². The minimum atomic E-state index is -4.38.